The third-order valence-corrected chi connectivity index (χ3v) is 3.90. The molecule has 0 spiro atoms. The highest BCUT2D eigenvalue weighted by Gasteiger charge is 2.05. The van der Waals surface area contributed by atoms with E-state index in [1.165, 1.54) is 70.0 Å². The van der Waals surface area contributed by atoms with Crippen LogP contribution in [0.3, 0.4) is 0 Å². The number of aromatic nitrogens is 1. The molecule has 0 aliphatic carbocycles. The summed E-state index contributed by atoms with van der Waals surface area (Å²) in [7, 11) is 0. The molecule has 1 rings (SSSR count). The van der Waals surface area contributed by atoms with Gasteiger partial charge in [0.15, 0.2) is 11.9 Å². The SMILES string of the molecule is CCCCCCCCCCC[n+]1ccccc1CC.[Cl-]. The first-order chi connectivity index (χ1) is 9.38. The topological polar surface area (TPSA) is 3.88 Å². The second-order valence-electron chi connectivity index (χ2n) is 5.57. The molecule has 116 valence electrons. The van der Waals surface area contributed by atoms with Crippen molar-refractivity contribution in [3.8, 4) is 0 Å². The Kier molecular flexibility index (Phi) is 13.0. The second-order valence-corrected chi connectivity index (χ2v) is 5.57. The fraction of sp³-hybridized carbons (Fsp3) is 0.722. The Labute approximate surface area is 132 Å². The van der Waals surface area contributed by atoms with Crippen LogP contribution in [0.2, 0.25) is 0 Å². The average molecular weight is 298 g/mol. The summed E-state index contributed by atoms with van der Waals surface area (Å²) in [4.78, 5) is 0. The van der Waals surface area contributed by atoms with E-state index in [2.05, 4.69) is 42.8 Å². The van der Waals surface area contributed by atoms with Crippen molar-refractivity contribution in [3.63, 3.8) is 0 Å². The summed E-state index contributed by atoms with van der Waals surface area (Å²) in [5.41, 5.74) is 1.46. The minimum Gasteiger partial charge on any atom is -1.00 e. The van der Waals surface area contributed by atoms with Crippen LogP contribution in [0.25, 0.3) is 0 Å². The molecule has 1 nitrogen and oxygen atoms in total. The molecule has 0 saturated heterocycles. The highest BCUT2D eigenvalue weighted by atomic mass is 35.5. The number of nitrogens with zero attached hydrogens (tertiary/aromatic N) is 1. The number of rotatable bonds is 11. The van der Waals surface area contributed by atoms with Gasteiger partial charge in [0.2, 0.25) is 0 Å². The van der Waals surface area contributed by atoms with Gasteiger partial charge in [-0.2, -0.15) is 0 Å². The summed E-state index contributed by atoms with van der Waals surface area (Å²) < 4.78 is 2.42. The quantitative estimate of drug-likeness (QED) is 0.435. The highest BCUT2D eigenvalue weighted by molar-refractivity contribution is 4.96. The lowest BCUT2D eigenvalue weighted by Crippen LogP contribution is -3.00. The van der Waals surface area contributed by atoms with Crippen molar-refractivity contribution in [1.82, 2.24) is 0 Å². The molecule has 1 aromatic heterocycles. The first-order valence-corrected chi connectivity index (χ1v) is 8.35. The largest absolute Gasteiger partial charge is 1.00 e. The van der Waals surface area contributed by atoms with Gasteiger partial charge in [-0.15, -0.1) is 0 Å². The molecular formula is C18H32ClN. The molecule has 0 N–H and O–H groups in total. The van der Waals surface area contributed by atoms with Crippen LogP contribution in [0.5, 0.6) is 0 Å². The van der Waals surface area contributed by atoms with E-state index in [-0.39, 0.29) is 12.4 Å². The molecule has 0 bridgehead atoms. The fourth-order valence-electron chi connectivity index (χ4n) is 2.64. The number of unbranched alkanes of at least 4 members (excludes halogenated alkanes) is 8. The van der Waals surface area contributed by atoms with Gasteiger partial charge in [0.05, 0.1) is 0 Å². The third kappa shape index (κ3) is 8.58. The van der Waals surface area contributed by atoms with Gasteiger partial charge in [-0.05, 0) is 6.42 Å². The summed E-state index contributed by atoms with van der Waals surface area (Å²) in [6, 6.07) is 6.53. The standard InChI is InChI=1S/C18H32N.ClH/c1-3-5-6-7-8-9-10-11-13-16-19-17-14-12-15-18(19)4-2;/h12,14-15,17H,3-11,13,16H2,1-2H3;1H/q+1;/p-1. The lowest BCUT2D eigenvalue weighted by molar-refractivity contribution is -0.704. The molecule has 0 amide bonds. The Morgan fingerprint density at radius 2 is 1.40 bits per heavy atom. The number of halogens is 1. The molecule has 0 aliphatic heterocycles. The Balaban J connectivity index is 0.00000361. The van der Waals surface area contributed by atoms with Crippen LogP contribution in [0.1, 0.15) is 77.3 Å². The van der Waals surface area contributed by atoms with E-state index in [1.54, 1.807) is 0 Å². The molecule has 0 atom stereocenters. The van der Waals surface area contributed by atoms with Gasteiger partial charge in [-0.1, -0.05) is 64.9 Å². The van der Waals surface area contributed by atoms with Gasteiger partial charge < -0.3 is 12.4 Å². The van der Waals surface area contributed by atoms with Gasteiger partial charge >= 0.3 is 0 Å². The maximum Gasteiger partial charge on any atom is 0.181 e. The number of hydrogen-bond acceptors (Lipinski definition) is 0. The average Bonchev–Trinajstić information content (AvgIpc) is 2.46. The Hall–Kier alpha value is -0.560. The molecule has 0 aliphatic rings. The molecule has 0 radical (unpaired) electrons. The Morgan fingerprint density at radius 1 is 0.800 bits per heavy atom. The van der Waals surface area contributed by atoms with Crippen LogP contribution in [0, 0.1) is 0 Å². The van der Waals surface area contributed by atoms with E-state index >= 15 is 0 Å². The first kappa shape index (κ1) is 19.4. The van der Waals surface area contributed by atoms with Crippen LogP contribution in [-0.4, -0.2) is 0 Å². The lowest BCUT2D eigenvalue weighted by atomic mass is 10.1. The number of aryl methyl sites for hydroxylation is 2. The molecule has 1 heterocycles. The number of hydrogen-bond donors (Lipinski definition) is 0. The maximum absolute atomic E-state index is 2.42. The molecule has 2 heteroatoms. The zero-order chi connectivity index (χ0) is 13.8. The zero-order valence-corrected chi connectivity index (χ0v) is 14.2. The third-order valence-electron chi connectivity index (χ3n) is 3.90. The lowest BCUT2D eigenvalue weighted by Gasteiger charge is -2.03. The Bertz CT molecular complexity index is 325. The van der Waals surface area contributed by atoms with Crippen LogP contribution in [0.15, 0.2) is 24.4 Å². The van der Waals surface area contributed by atoms with Crippen molar-refractivity contribution in [1.29, 1.82) is 0 Å². The van der Waals surface area contributed by atoms with Gasteiger partial charge in [-0.25, -0.2) is 4.57 Å². The van der Waals surface area contributed by atoms with Gasteiger partial charge in [0.25, 0.3) is 0 Å². The fourth-order valence-corrected chi connectivity index (χ4v) is 2.64. The van der Waals surface area contributed by atoms with Crippen LogP contribution in [0.4, 0.5) is 0 Å². The normalized spacial score (nSPS) is 10.3. The first-order valence-electron chi connectivity index (χ1n) is 8.35. The maximum atomic E-state index is 2.42. The van der Waals surface area contributed by atoms with Crippen LogP contribution >= 0.6 is 0 Å². The summed E-state index contributed by atoms with van der Waals surface area (Å²) in [6.45, 7) is 5.72. The summed E-state index contributed by atoms with van der Waals surface area (Å²) in [6.07, 6.45) is 16.0. The smallest absolute Gasteiger partial charge is 0.181 e. The van der Waals surface area contributed by atoms with Crippen molar-refractivity contribution in [2.24, 2.45) is 0 Å². The highest BCUT2D eigenvalue weighted by Crippen LogP contribution is 2.09. The molecule has 0 fully saturated rings. The van der Waals surface area contributed by atoms with Gasteiger partial charge in [-0.3, -0.25) is 0 Å². The second kappa shape index (κ2) is 13.4. The van der Waals surface area contributed by atoms with Crippen molar-refractivity contribution in [2.75, 3.05) is 0 Å². The van der Waals surface area contributed by atoms with Crippen molar-refractivity contribution < 1.29 is 17.0 Å². The molecule has 1 aromatic rings. The van der Waals surface area contributed by atoms with E-state index in [4.69, 9.17) is 0 Å². The minimum absolute atomic E-state index is 0. The minimum atomic E-state index is 0. The van der Waals surface area contributed by atoms with Crippen molar-refractivity contribution in [2.45, 2.75) is 84.6 Å². The van der Waals surface area contributed by atoms with Gasteiger partial charge in [0.1, 0.15) is 6.54 Å². The summed E-state index contributed by atoms with van der Waals surface area (Å²) in [5, 5.41) is 0. The van der Waals surface area contributed by atoms with Crippen molar-refractivity contribution in [3.05, 3.63) is 30.1 Å². The van der Waals surface area contributed by atoms with Crippen LogP contribution < -0.4 is 17.0 Å². The van der Waals surface area contributed by atoms with Crippen molar-refractivity contribution >= 4 is 0 Å². The monoisotopic (exact) mass is 297 g/mol. The predicted molar refractivity (Wildman–Crippen MR) is 83.2 cm³/mol. The van der Waals surface area contributed by atoms with E-state index in [1.807, 2.05) is 0 Å². The summed E-state index contributed by atoms with van der Waals surface area (Å²) in [5.74, 6) is 0. The Morgan fingerprint density at radius 3 is 2.00 bits per heavy atom. The predicted octanol–water partition coefficient (Wildman–Crippen LogP) is 2.07. The van der Waals surface area contributed by atoms with E-state index < -0.39 is 0 Å². The molecule has 0 aromatic carbocycles. The van der Waals surface area contributed by atoms with Crippen LogP contribution in [-0.2, 0) is 13.0 Å². The zero-order valence-electron chi connectivity index (χ0n) is 13.4. The van der Waals surface area contributed by atoms with E-state index in [9.17, 15) is 0 Å². The molecule has 0 saturated carbocycles. The summed E-state index contributed by atoms with van der Waals surface area (Å²) >= 11 is 0. The molecule has 0 unspecified atom stereocenters. The molecule has 20 heavy (non-hydrogen) atoms. The van der Waals surface area contributed by atoms with E-state index in [0.29, 0.717) is 0 Å². The molecular weight excluding hydrogens is 266 g/mol. The van der Waals surface area contributed by atoms with E-state index in [0.717, 1.165) is 6.42 Å². The van der Waals surface area contributed by atoms with Gasteiger partial charge in [0, 0.05) is 25.0 Å². The number of pyridine rings is 1.